The highest BCUT2D eigenvalue weighted by atomic mass is 32.2. The topological polar surface area (TPSA) is 43.8 Å². The maximum absolute atomic E-state index is 5.78. The van der Waals surface area contributed by atoms with Crippen molar-refractivity contribution in [2.45, 2.75) is 57.4 Å². The second kappa shape index (κ2) is 5.03. The van der Waals surface area contributed by atoms with E-state index in [0.717, 1.165) is 11.1 Å². The van der Waals surface area contributed by atoms with Crippen molar-refractivity contribution in [1.82, 2.24) is 9.55 Å². The fraction of sp³-hybridized carbons (Fsp3) is 0.588. The molecule has 1 aromatic carbocycles. The van der Waals surface area contributed by atoms with Gasteiger partial charge in [-0.15, -0.1) is 11.8 Å². The fourth-order valence-electron chi connectivity index (χ4n) is 3.24. The van der Waals surface area contributed by atoms with Gasteiger partial charge in [-0.3, -0.25) is 0 Å². The van der Waals surface area contributed by atoms with Gasteiger partial charge in [0.2, 0.25) is 0 Å². The minimum Gasteiger partial charge on any atom is -0.326 e. The minimum atomic E-state index is 0.0282. The number of benzene rings is 1. The number of thioether (sulfide) groups is 1. The monoisotopic (exact) mass is 303 g/mol. The number of aromatic nitrogens is 2. The van der Waals surface area contributed by atoms with Crippen LogP contribution in [-0.2, 0) is 16.8 Å². The molecule has 2 N–H and O–H groups in total. The number of nitrogens with zero attached hydrogens (tertiary/aromatic N) is 2. The smallest absolute Gasteiger partial charge is 0.126 e. The van der Waals surface area contributed by atoms with Gasteiger partial charge in [-0.2, -0.15) is 0 Å². The number of rotatable bonds is 2. The van der Waals surface area contributed by atoms with Crippen LogP contribution in [0, 0.1) is 0 Å². The molecule has 3 rings (SSSR count). The van der Waals surface area contributed by atoms with Crippen LogP contribution in [0.5, 0.6) is 0 Å². The molecule has 21 heavy (non-hydrogen) atoms. The van der Waals surface area contributed by atoms with E-state index in [2.05, 4.69) is 50.5 Å². The molecule has 0 radical (unpaired) electrons. The summed E-state index contributed by atoms with van der Waals surface area (Å²) in [5.74, 6) is 2.46. The van der Waals surface area contributed by atoms with Crippen LogP contribution in [0.15, 0.2) is 18.2 Å². The van der Waals surface area contributed by atoms with Gasteiger partial charge in [0, 0.05) is 12.1 Å². The quantitative estimate of drug-likeness (QED) is 0.912. The van der Waals surface area contributed by atoms with E-state index in [1.807, 2.05) is 11.8 Å². The normalized spacial score (nSPS) is 23.1. The summed E-state index contributed by atoms with van der Waals surface area (Å²) >= 11 is 2.05. The van der Waals surface area contributed by atoms with Gasteiger partial charge in [-0.25, -0.2) is 4.98 Å². The van der Waals surface area contributed by atoms with Gasteiger partial charge in [0.05, 0.1) is 15.8 Å². The molecular weight excluding hydrogens is 278 g/mol. The van der Waals surface area contributed by atoms with Crippen molar-refractivity contribution in [2.75, 3.05) is 5.75 Å². The van der Waals surface area contributed by atoms with Crippen molar-refractivity contribution in [2.24, 2.45) is 5.73 Å². The van der Waals surface area contributed by atoms with Crippen molar-refractivity contribution in [3.05, 3.63) is 29.6 Å². The largest absolute Gasteiger partial charge is 0.326 e. The van der Waals surface area contributed by atoms with Gasteiger partial charge in [-0.1, -0.05) is 6.07 Å². The zero-order valence-corrected chi connectivity index (χ0v) is 14.3. The van der Waals surface area contributed by atoms with Crippen LogP contribution in [-0.4, -0.2) is 15.3 Å². The molecular formula is C17H25N3S. The lowest BCUT2D eigenvalue weighted by molar-refractivity contribution is 0.377. The second-order valence-electron chi connectivity index (χ2n) is 7.15. The molecule has 4 heteroatoms. The highest BCUT2D eigenvalue weighted by Crippen LogP contribution is 2.47. The summed E-state index contributed by atoms with van der Waals surface area (Å²) in [7, 11) is 0. The zero-order valence-electron chi connectivity index (χ0n) is 13.4. The third kappa shape index (κ3) is 2.49. The Kier molecular flexibility index (Phi) is 3.57. The van der Waals surface area contributed by atoms with Gasteiger partial charge in [0.1, 0.15) is 5.82 Å². The Morgan fingerprint density at radius 3 is 2.71 bits per heavy atom. The van der Waals surface area contributed by atoms with E-state index in [0.29, 0.717) is 6.54 Å². The first-order valence-electron chi connectivity index (χ1n) is 7.71. The summed E-state index contributed by atoms with van der Waals surface area (Å²) in [5, 5.41) is 0. The lowest BCUT2D eigenvalue weighted by atomic mass is 10.0. The van der Waals surface area contributed by atoms with Crippen LogP contribution >= 0.6 is 11.8 Å². The lowest BCUT2D eigenvalue weighted by Crippen LogP contribution is -2.29. The molecule has 114 valence electrons. The van der Waals surface area contributed by atoms with Gasteiger partial charge in [-0.05, 0) is 64.0 Å². The van der Waals surface area contributed by atoms with E-state index in [-0.39, 0.29) is 10.3 Å². The second-order valence-corrected chi connectivity index (χ2v) is 8.75. The summed E-state index contributed by atoms with van der Waals surface area (Å²) < 4.78 is 2.57. The Bertz CT molecular complexity index is 660. The fourth-order valence-corrected chi connectivity index (χ4v) is 4.54. The molecule has 0 bridgehead atoms. The first kappa shape index (κ1) is 14.9. The van der Waals surface area contributed by atoms with Crippen LogP contribution < -0.4 is 5.73 Å². The average molecular weight is 303 g/mol. The molecule has 2 heterocycles. The first-order chi connectivity index (χ1) is 9.85. The molecule has 0 aliphatic carbocycles. The van der Waals surface area contributed by atoms with Gasteiger partial charge in [0.15, 0.2) is 0 Å². The maximum atomic E-state index is 5.78. The SMILES string of the molecule is CC1(c2nc3cc(CN)ccc3n2C(C)(C)C)CCCS1. The zero-order chi connectivity index (χ0) is 15.3. The summed E-state index contributed by atoms with van der Waals surface area (Å²) in [6.07, 6.45) is 2.49. The Hall–Kier alpha value is -1.000. The molecule has 1 aromatic heterocycles. The van der Waals surface area contributed by atoms with E-state index in [1.54, 1.807) is 0 Å². The molecule has 1 fully saturated rings. The predicted molar refractivity (Wildman–Crippen MR) is 91.7 cm³/mol. The van der Waals surface area contributed by atoms with Crippen molar-refractivity contribution in [1.29, 1.82) is 0 Å². The number of hydrogen-bond donors (Lipinski definition) is 1. The molecule has 0 saturated carbocycles. The third-order valence-corrected chi connectivity index (χ3v) is 5.83. The maximum Gasteiger partial charge on any atom is 0.126 e. The molecule has 1 saturated heterocycles. The highest BCUT2D eigenvalue weighted by Gasteiger charge is 2.38. The van der Waals surface area contributed by atoms with Gasteiger partial charge >= 0.3 is 0 Å². The van der Waals surface area contributed by atoms with E-state index in [4.69, 9.17) is 10.7 Å². The summed E-state index contributed by atoms with van der Waals surface area (Å²) in [4.78, 5) is 5.03. The Balaban J connectivity index is 2.27. The Morgan fingerprint density at radius 1 is 1.38 bits per heavy atom. The molecule has 1 unspecified atom stereocenters. The standard InChI is InChI=1S/C17H25N3S/c1-16(2,3)20-14-7-6-12(11-18)10-13(14)19-15(20)17(4)8-5-9-21-17/h6-7,10H,5,8-9,11,18H2,1-4H3. The van der Waals surface area contributed by atoms with Crippen molar-refractivity contribution < 1.29 is 0 Å². The molecule has 0 spiro atoms. The third-order valence-electron chi connectivity index (χ3n) is 4.32. The first-order valence-corrected chi connectivity index (χ1v) is 8.70. The van der Waals surface area contributed by atoms with Crippen molar-refractivity contribution >= 4 is 22.8 Å². The number of fused-ring (bicyclic) bond motifs is 1. The van der Waals surface area contributed by atoms with Crippen LogP contribution in [0.1, 0.15) is 51.9 Å². The number of nitrogens with two attached hydrogens (primary N) is 1. The van der Waals surface area contributed by atoms with E-state index >= 15 is 0 Å². The average Bonchev–Trinajstić information content (AvgIpc) is 3.01. The molecule has 1 atom stereocenters. The van der Waals surface area contributed by atoms with Crippen LogP contribution in [0.2, 0.25) is 0 Å². The predicted octanol–water partition coefficient (Wildman–Crippen LogP) is 3.99. The highest BCUT2D eigenvalue weighted by molar-refractivity contribution is 8.00. The number of hydrogen-bond acceptors (Lipinski definition) is 3. The van der Waals surface area contributed by atoms with Crippen LogP contribution in [0.3, 0.4) is 0 Å². The summed E-state index contributed by atoms with van der Waals surface area (Å²) in [6, 6.07) is 6.45. The summed E-state index contributed by atoms with van der Waals surface area (Å²) in [6.45, 7) is 9.70. The minimum absolute atomic E-state index is 0.0282. The summed E-state index contributed by atoms with van der Waals surface area (Å²) in [5.41, 5.74) is 9.26. The molecule has 2 aromatic rings. The Morgan fingerprint density at radius 2 is 2.14 bits per heavy atom. The van der Waals surface area contributed by atoms with Crippen LogP contribution in [0.25, 0.3) is 11.0 Å². The molecule has 3 nitrogen and oxygen atoms in total. The van der Waals surface area contributed by atoms with E-state index in [1.165, 1.54) is 29.9 Å². The lowest BCUT2D eigenvalue weighted by Gasteiger charge is -2.31. The Labute approximate surface area is 131 Å². The van der Waals surface area contributed by atoms with Crippen molar-refractivity contribution in [3.8, 4) is 0 Å². The van der Waals surface area contributed by atoms with E-state index in [9.17, 15) is 0 Å². The van der Waals surface area contributed by atoms with Crippen molar-refractivity contribution in [3.63, 3.8) is 0 Å². The molecule has 1 aliphatic heterocycles. The van der Waals surface area contributed by atoms with Gasteiger partial charge in [0.25, 0.3) is 0 Å². The van der Waals surface area contributed by atoms with Crippen LogP contribution in [0.4, 0.5) is 0 Å². The number of imidazole rings is 1. The van der Waals surface area contributed by atoms with Gasteiger partial charge < -0.3 is 10.3 Å². The molecule has 1 aliphatic rings. The van der Waals surface area contributed by atoms with E-state index < -0.39 is 0 Å². The molecule has 0 amide bonds.